The number of likely N-dealkylation sites (N-methyl/N-ethyl adjacent to an activating group) is 1. The zero-order valence-electron chi connectivity index (χ0n) is 10.1. The van der Waals surface area contributed by atoms with E-state index in [2.05, 4.69) is 5.32 Å². The number of nitrogens with one attached hydrogen (secondary N) is 1. The summed E-state index contributed by atoms with van der Waals surface area (Å²) in [5, 5.41) is 12.6. The molecule has 0 aromatic heterocycles. The highest BCUT2D eigenvalue weighted by Crippen LogP contribution is 2.31. The molecule has 0 radical (unpaired) electrons. The Balaban J connectivity index is 1.71. The zero-order chi connectivity index (χ0) is 11.4. The van der Waals surface area contributed by atoms with E-state index in [4.69, 9.17) is 9.47 Å². The van der Waals surface area contributed by atoms with Crippen LogP contribution in [-0.4, -0.2) is 49.7 Å². The molecule has 0 amide bonds. The van der Waals surface area contributed by atoms with Gasteiger partial charge in [0.1, 0.15) is 0 Å². The number of rotatable bonds is 5. The van der Waals surface area contributed by atoms with Crippen molar-refractivity contribution < 1.29 is 14.6 Å². The fourth-order valence-electron chi connectivity index (χ4n) is 2.69. The number of hydrogen-bond donors (Lipinski definition) is 2. The summed E-state index contributed by atoms with van der Waals surface area (Å²) >= 11 is 0. The van der Waals surface area contributed by atoms with E-state index in [0.717, 1.165) is 45.3 Å². The summed E-state index contributed by atoms with van der Waals surface area (Å²) in [5.41, 5.74) is -0.110. The number of aliphatic hydroxyl groups is 1. The molecule has 2 rings (SSSR count). The normalized spacial score (nSPS) is 39.4. The molecule has 0 aromatic carbocycles. The van der Waals surface area contributed by atoms with Crippen molar-refractivity contribution in [2.75, 3.05) is 26.9 Å². The quantitative estimate of drug-likeness (QED) is 0.728. The first kappa shape index (κ1) is 12.3. The maximum absolute atomic E-state index is 9.37. The Morgan fingerprint density at radius 2 is 2.38 bits per heavy atom. The second-order valence-electron chi connectivity index (χ2n) is 5.02. The van der Waals surface area contributed by atoms with E-state index in [1.165, 1.54) is 0 Å². The van der Waals surface area contributed by atoms with Gasteiger partial charge in [-0.05, 0) is 39.2 Å². The highest BCUT2D eigenvalue weighted by atomic mass is 16.5. The minimum atomic E-state index is -0.110. The first-order valence-electron chi connectivity index (χ1n) is 6.31. The first-order valence-corrected chi connectivity index (χ1v) is 6.31. The van der Waals surface area contributed by atoms with E-state index >= 15 is 0 Å². The van der Waals surface area contributed by atoms with E-state index in [-0.39, 0.29) is 18.2 Å². The van der Waals surface area contributed by atoms with Crippen LogP contribution in [-0.2, 0) is 9.47 Å². The highest BCUT2D eigenvalue weighted by molar-refractivity contribution is 4.95. The molecular formula is C12H23NO3. The molecule has 2 N–H and O–H groups in total. The van der Waals surface area contributed by atoms with Crippen LogP contribution in [0.2, 0.25) is 0 Å². The molecule has 1 aliphatic carbocycles. The van der Waals surface area contributed by atoms with Crippen LogP contribution in [0.25, 0.3) is 0 Å². The first-order chi connectivity index (χ1) is 7.78. The molecule has 1 saturated carbocycles. The maximum atomic E-state index is 9.37. The fourth-order valence-corrected chi connectivity index (χ4v) is 2.69. The van der Waals surface area contributed by atoms with Crippen LogP contribution >= 0.6 is 0 Å². The van der Waals surface area contributed by atoms with Crippen molar-refractivity contribution in [2.24, 2.45) is 0 Å². The summed E-state index contributed by atoms with van der Waals surface area (Å²) in [6.45, 7) is 1.80. The lowest BCUT2D eigenvalue weighted by atomic mass is 9.99. The summed E-state index contributed by atoms with van der Waals surface area (Å²) in [5.74, 6) is 0. The number of hydrogen-bond acceptors (Lipinski definition) is 4. The van der Waals surface area contributed by atoms with Crippen molar-refractivity contribution in [3.63, 3.8) is 0 Å². The van der Waals surface area contributed by atoms with E-state index in [9.17, 15) is 5.11 Å². The molecule has 0 spiro atoms. The van der Waals surface area contributed by atoms with Gasteiger partial charge >= 0.3 is 0 Å². The standard InChI is InChI=1S/C12H23NO3/c1-13-12(9-14)5-4-10(7-12)16-8-11-3-2-6-15-11/h10-11,13-14H,2-9H2,1H3. The number of aliphatic hydroxyl groups excluding tert-OH is 1. The molecule has 2 fully saturated rings. The third kappa shape index (κ3) is 2.74. The smallest absolute Gasteiger partial charge is 0.0809 e. The lowest BCUT2D eigenvalue weighted by molar-refractivity contribution is -0.0212. The molecule has 4 nitrogen and oxygen atoms in total. The topological polar surface area (TPSA) is 50.7 Å². The average Bonchev–Trinajstić information content (AvgIpc) is 2.96. The van der Waals surface area contributed by atoms with Crippen LogP contribution in [0.4, 0.5) is 0 Å². The van der Waals surface area contributed by atoms with Crippen LogP contribution in [0.3, 0.4) is 0 Å². The molecule has 2 aliphatic rings. The summed E-state index contributed by atoms with van der Waals surface area (Å²) in [6, 6.07) is 0. The van der Waals surface area contributed by atoms with Crippen molar-refractivity contribution >= 4 is 0 Å². The number of ether oxygens (including phenoxy) is 2. The minimum Gasteiger partial charge on any atom is -0.394 e. The maximum Gasteiger partial charge on any atom is 0.0809 e. The Morgan fingerprint density at radius 1 is 1.50 bits per heavy atom. The minimum absolute atomic E-state index is 0.110. The van der Waals surface area contributed by atoms with Gasteiger partial charge in [0.25, 0.3) is 0 Å². The lowest BCUT2D eigenvalue weighted by Gasteiger charge is -2.26. The summed E-state index contributed by atoms with van der Waals surface area (Å²) in [7, 11) is 1.92. The Bertz CT molecular complexity index is 212. The Kier molecular flexibility index (Phi) is 4.19. The van der Waals surface area contributed by atoms with Crippen molar-refractivity contribution in [1.82, 2.24) is 5.32 Å². The van der Waals surface area contributed by atoms with E-state index in [1.54, 1.807) is 0 Å². The van der Waals surface area contributed by atoms with Crippen LogP contribution in [0.15, 0.2) is 0 Å². The van der Waals surface area contributed by atoms with E-state index in [0.29, 0.717) is 6.10 Å². The molecular weight excluding hydrogens is 206 g/mol. The van der Waals surface area contributed by atoms with E-state index < -0.39 is 0 Å². The predicted molar refractivity (Wildman–Crippen MR) is 61.4 cm³/mol. The second kappa shape index (κ2) is 5.45. The molecule has 1 heterocycles. The SMILES string of the molecule is CNC1(CO)CCC(OCC2CCCO2)C1. The largest absolute Gasteiger partial charge is 0.394 e. The fraction of sp³-hybridized carbons (Fsp3) is 1.00. The van der Waals surface area contributed by atoms with E-state index in [1.807, 2.05) is 7.05 Å². The molecule has 3 unspecified atom stereocenters. The molecule has 1 saturated heterocycles. The van der Waals surface area contributed by atoms with Crippen molar-refractivity contribution in [1.29, 1.82) is 0 Å². The molecule has 16 heavy (non-hydrogen) atoms. The van der Waals surface area contributed by atoms with Gasteiger partial charge in [0.15, 0.2) is 0 Å². The summed E-state index contributed by atoms with van der Waals surface area (Å²) < 4.78 is 11.4. The predicted octanol–water partition coefficient (Wildman–Crippen LogP) is 0.685. The second-order valence-corrected chi connectivity index (χ2v) is 5.02. The van der Waals surface area contributed by atoms with Gasteiger partial charge in [-0.2, -0.15) is 0 Å². The Morgan fingerprint density at radius 3 is 2.94 bits per heavy atom. The van der Waals surface area contributed by atoms with Gasteiger partial charge in [-0.3, -0.25) is 0 Å². The Labute approximate surface area is 97.3 Å². The van der Waals surface area contributed by atoms with Crippen molar-refractivity contribution in [3.05, 3.63) is 0 Å². The van der Waals surface area contributed by atoms with Gasteiger partial charge in [-0.25, -0.2) is 0 Å². The average molecular weight is 229 g/mol. The van der Waals surface area contributed by atoms with Crippen LogP contribution in [0.5, 0.6) is 0 Å². The highest BCUT2D eigenvalue weighted by Gasteiger charge is 2.38. The molecule has 3 atom stereocenters. The summed E-state index contributed by atoms with van der Waals surface area (Å²) in [6.07, 6.45) is 5.82. The van der Waals surface area contributed by atoms with Crippen molar-refractivity contribution in [2.45, 2.75) is 49.9 Å². The zero-order valence-corrected chi connectivity index (χ0v) is 10.1. The van der Waals surface area contributed by atoms with Gasteiger partial charge < -0.3 is 19.9 Å². The van der Waals surface area contributed by atoms with Crippen molar-refractivity contribution in [3.8, 4) is 0 Å². The van der Waals surface area contributed by atoms with Gasteiger partial charge in [0.2, 0.25) is 0 Å². The Hall–Kier alpha value is -0.160. The third-order valence-corrected chi connectivity index (χ3v) is 3.94. The van der Waals surface area contributed by atoms with Gasteiger partial charge in [0, 0.05) is 12.1 Å². The van der Waals surface area contributed by atoms with Gasteiger partial charge in [0.05, 0.1) is 25.4 Å². The van der Waals surface area contributed by atoms with Crippen LogP contribution in [0, 0.1) is 0 Å². The molecule has 4 heteroatoms. The molecule has 1 aliphatic heterocycles. The van der Waals surface area contributed by atoms with Gasteiger partial charge in [-0.1, -0.05) is 0 Å². The van der Waals surface area contributed by atoms with Gasteiger partial charge in [-0.15, -0.1) is 0 Å². The van der Waals surface area contributed by atoms with Crippen LogP contribution < -0.4 is 5.32 Å². The lowest BCUT2D eigenvalue weighted by Crippen LogP contribution is -2.44. The van der Waals surface area contributed by atoms with Crippen LogP contribution in [0.1, 0.15) is 32.1 Å². The monoisotopic (exact) mass is 229 g/mol. The molecule has 0 aromatic rings. The summed E-state index contributed by atoms with van der Waals surface area (Å²) in [4.78, 5) is 0. The molecule has 0 bridgehead atoms. The molecule has 94 valence electrons. The third-order valence-electron chi connectivity index (χ3n) is 3.94.